The lowest BCUT2D eigenvalue weighted by Crippen LogP contribution is -2.45. The number of carbonyl (C=O) groups is 1. The van der Waals surface area contributed by atoms with Crippen LogP contribution in [-0.4, -0.2) is 11.8 Å². The first-order valence-corrected chi connectivity index (χ1v) is 8.16. The predicted molar refractivity (Wildman–Crippen MR) is 89.2 cm³/mol. The molecule has 0 aromatic heterocycles. The van der Waals surface area contributed by atoms with Gasteiger partial charge in [-0.2, -0.15) is 0 Å². The molecule has 0 unspecified atom stereocenters. The molecule has 1 aliphatic carbocycles. The summed E-state index contributed by atoms with van der Waals surface area (Å²) in [5.74, 6) is 0.557. The van der Waals surface area contributed by atoms with E-state index in [1.54, 1.807) is 0 Å². The lowest BCUT2D eigenvalue weighted by molar-refractivity contribution is -0.122. The predicted octanol–water partition coefficient (Wildman–Crippen LogP) is 4.22. The van der Waals surface area contributed by atoms with Gasteiger partial charge in [-0.05, 0) is 42.5 Å². The molecule has 4 rings (SSSR count). The third-order valence-corrected chi connectivity index (χ3v) is 5.13. The first-order chi connectivity index (χ1) is 10.7. The van der Waals surface area contributed by atoms with Crippen LogP contribution in [0.5, 0.6) is 0 Å². The minimum atomic E-state index is 0.126. The molecule has 0 N–H and O–H groups in total. The third kappa shape index (κ3) is 2.23. The lowest BCUT2D eigenvalue weighted by Gasteiger charge is -2.45. The summed E-state index contributed by atoms with van der Waals surface area (Å²) < 4.78 is 0. The van der Waals surface area contributed by atoms with Gasteiger partial charge in [0.1, 0.15) is 5.78 Å². The van der Waals surface area contributed by atoms with Gasteiger partial charge in [-0.1, -0.05) is 42.5 Å². The smallest absolute Gasteiger partial charge is 0.140 e. The Balaban J connectivity index is 1.77. The Morgan fingerprint density at radius 3 is 2.77 bits per heavy atom. The van der Waals surface area contributed by atoms with Crippen molar-refractivity contribution in [1.29, 1.82) is 0 Å². The Kier molecular flexibility index (Phi) is 3.25. The summed E-state index contributed by atoms with van der Waals surface area (Å²) in [6.45, 7) is 3.07. The van der Waals surface area contributed by atoms with Crippen molar-refractivity contribution in [3.05, 3.63) is 65.2 Å². The van der Waals surface area contributed by atoms with E-state index in [2.05, 4.69) is 60.4 Å². The molecule has 2 nitrogen and oxygen atoms in total. The highest BCUT2D eigenvalue weighted by atomic mass is 16.1. The van der Waals surface area contributed by atoms with Crippen molar-refractivity contribution in [3.8, 4) is 0 Å². The van der Waals surface area contributed by atoms with Crippen LogP contribution in [-0.2, 0) is 11.3 Å². The molecule has 2 aromatic rings. The molecule has 2 atom stereocenters. The number of benzene rings is 2. The molecule has 2 aromatic carbocycles. The van der Waals surface area contributed by atoms with Crippen molar-refractivity contribution in [3.63, 3.8) is 0 Å². The van der Waals surface area contributed by atoms with Crippen LogP contribution in [0.2, 0.25) is 0 Å². The van der Waals surface area contributed by atoms with Gasteiger partial charge >= 0.3 is 0 Å². The van der Waals surface area contributed by atoms with Gasteiger partial charge in [-0.15, -0.1) is 0 Å². The van der Waals surface area contributed by atoms with Gasteiger partial charge in [0.25, 0.3) is 0 Å². The average Bonchev–Trinajstić information content (AvgIpc) is 2.54. The number of aryl methyl sites for hydroxylation is 1. The van der Waals surface area contributed by atoms with Crippen LogP contribution >= 0.6 is 0 Å². The van der Waals surface area contributed by atoms with Gasteiger partial charge in [0.15, 0.2) is 0 Å². The lowest BCUT2D eigenvalue weighted by atomic mass is 9.75. The van der Waals surface area contributed by atoms with Gasteiger partial charge in [-0.3, -0.25) is 4.79 Å². The van der Waals surface area contributed by atoms with Crippen LogP contribution in [0.3, 0.4) is 0 Å². The molecular weight excluding hydrogens is 270 g/mol. The summed E-state index contributed by atoms with van der Waals surface area (Å²) in [5.41, 5.74) is 5.12. The number of carbonyl (C=O) groups excluding carboxylic acids is 1. The first kappa shape index (κ1) is 13.6. The number of ketones is 1. The van der Waals surface area contributed by atoms with Crippen LogP contribution in [0.25, 0.3) is 0 Å². The fourth-order valence-corrected chi connectivity index (χ4v) is 3.98. The number of hydrogen-bond acceptors (Lipinski definition) is 2. The van der Waals surface area contributed by atoms with E-state index in [4.69, 9.17) is 0 Å². The molecular formula is C20H21NO. The van der Waals surface area contributed by atoms with Gasteiger partial charge in [-0.25, -0.2) is 0 Å². The zero-order chi connectivity index (χ0) is 15.1. The fraction of sp³-hybridized carbons (Fsp3) is 0.350. The number of nitrogens with zero attached hydrogens (tertiary/aromatic N) is 1. The van der Waals surface area contributed by atoms with Crippen molar-refractivity contribution in [1.82, 2.24) is 0 Å². The second kappa shape index (κ2) is 5.28. The average molecular weight is 291 g/mol. The van der Waals surface area contributed by atoms with Gasteiger partial charge in [0.05, 0.1) is 0 Å². The highest BCUT2D eigenvalue weighted by Gasteiger charge is 2.39. The van der Waals surface area contributed by atoms with Crippen molar-refractivity contribution >= 4 is 11.5 Å². The van der Waals surface area contributed by atoms with Crippen molar-refractivity contribution in [2.45, 2.75) is 44.7 Å². The minimum absolute atomic E-state index is 0.126. The Morgan fingerprint density at radius 1 is 1.14 bits per heavy atom. The Morgan fingerprint density at radius 2 is 1.95 bits per heavy atom. The summed E-state index contributed by atoms with van der Waals surface area (Å²) in [6.07, 6.45) is 2.71. The SMILES string of the molecule is Cc1ccc2c(c1)N(Cc1ccccc1)[C@@H]1CCC(=O)[C@H]2C1. The van der Waals surface area contributed by atoms with E-state index in [0.29, 0.717) is 11.8 Å². The standard InChI is InChI=1S/C20H21NO/c1-14-7-9-17-18-12-16(8-10-20(18)22)21(19(17)11-14)13-15-5-3-2-4-6-15/h2-7,9,11,16,18H,8,10,12-13H2,1H3/t16-,18+/m1/s1. The van der Waals surface area contributed by atoms with Crippen LogP contribution < -0.4 is 4.90 Å². The maximum Gasteiger partial charge on any atom is 0.140 e. The number of fused-ring (bicyclic) bond motifs is 4. The highest BCUT2D eigenvalue weighted by Crippen LogP contribution is 2.44. The molecule has 1 saturated carbocycles. The maximum absolute atomic E-state index is 12.3. The van der Waals surface area contributed by atoms with Crippen LogP contribution in [0.4, 0.5) is 5.69 Å². The number of Topliss-reactive ketones (excluding diaryl/α,β-unsaturated/α-hetero) is 1. The first-order valence-electron chi connectivity index (χ1n) is 8.16. The summed E-state index contributed by atoms with van der Waals surface area (Å²) in [5, 5.41) is 0. The monoisotopic (exact) mass is 291 g/mol. The van der Waals surface area contributed by atoms with Crippen molar-refractivity contribution in [2.75, 3.05) is 4.90 Å². The molecule has 2 bridgehead atoms. The van der Waals surface area contributed by atoms with E-state index < -0.39 is 0 Å². The van der Waals surface area contributed by atoms with Gasteiger partial charge in [0, 0.05) is 30.6 Å². The molecule has 0 spiro atoms. The quantitative estimate of drug-likeness (QED) is 0.825. The molecule has 0 saturated heterocycles. The van der Waals surface area contributed by atoms with Crippen LogP contribution in [0.1, 0.15) is 41.9 Å². The molecule has 112 valence electrons. The van der Waals surface area contributed by atoms with Gasteiger partial charge < -0.3 is 4.90 Å². The molecule has 1 aliphatic heterocycles. The van der Waals surface area contributed by atoms with E-state index in [1.807, 2.05) is 0 Å². The summed E-state index contributed by atoms with van der Waals surface area (Å²) >= 11 is 0. The maximum atomic E-state index is 12.3. The molecule has 2 aliphatic rings. The normalized spacial score (nSPS) is 23.3. The largest absolute Gasteiger partial charge is 0.364 e. The van der Waals surface area contributed by atoms with Crippen LogP contribution in [0.15, 0.2) is 48.5 Å². The zero-order valence-corrected chi connectivity index (χ0v) is 13.0. The van der Waals surface area contributed by atoms with E-state index >= 15 is 0 Å². The molecule has 1 heterocycles. The minimum Gasteiger partial charge on any atom is -0.364 e. The second-order valence-corrected chi connectivity index (χ2v) is 6.62. The number of hydrogen-bond donors (Lipinski definition) is 0. The third-order valence-electron chi connectivity index (χ3n) is 5.13. The van der Waals surface area contributed by atoms with E-state index in [1.165, 1.54) is 22.4 Å². The van der Waals surface area contributed by atoms with E-state index in [-0.39, 0.29) is 5.92 Å². The molecule has 22 heavy (non-hydrogen) atoms. The van der Waals surface area contributed by atoms with Crippen LogP contribution in [0, 0.1) is 6.92 Å². The number of anilines is 1. The molecule has 0 radical (unpaired) electrons. The highest BCUT2D eigenvalue weighted by molar-refractivity contribution is 5.90. The molecule has 0 amide bonds. The van der Waals surface area contributed by atoms with E-state index in [9.17, 15) is 4.79 Å². The Hall–Kier alpha value is -2.09. The summed E-state index contributed by atoms with van der Waals surface area (Å²) in [6, 6.07) is 17.7. The number of rotatable bonds is 2. The molecule has 1 fully saturated rings. The fourth-order valence-electron chi connectivity index (χ4n) is 3.98. The Labute approximate surface area is 131 Å². The second-order valence-electron chi connectivity index (χ2n) is 6.62. The van der Waals surface area contributed by atoms with Crippen molar-refractivity contribution in [2.24, 2.45) is 0 Å². The van der Waals surface area contributed by atoms with Crippen molar-refractivity contribution < 1.29 is 4.79 Å². The topological polar surface area (TPSA) is 20.3 Å². The van der Waals surface area contributed by atoms with E-state index in [0.717, 1.165) is 25.8 Å². The van der Waals surface area contributed by atoms with Gasteiger partial charge in [0.2, 0.25) is 0 Å². The Bertz CT molecular complexity index is 707. The summed E-state index contributed by atoms with van der Waals surface area (Å²) in [4.78, 5) is 14.8. The molecule has 2 heteroatoms. The zero-order valence-electron chi connectivity index (χ0n) is 13.0. The summed E-state index contributed by atoms with van der Waals surface area (Å²) in [7, 11) is 0.